The van der Waals surface area contributed by atoms with E-state index in [9.17, 15) is 9.59 Å². The van der Waals surface area contributed by atoms with E-state index in [0.29, 0.717) is 31.5 Å². The average molecular weight is 329 g/mol. The Kier molecular flexibility index (Phi) is 6.18. The number of likely N-dealkylation sites (tertiary alicyclic amines) is 1. The number of hydrogen-bond acceptors (Lipinski definition) is 4. The van der Waals surface area contributed by atoms with Crippen LogP contribution in [0.2, 0.25) is 0 Å². The van der Waals surface area contributed by atoms with Gasteiger partial charge in [-0.2, -0.15) is 0 Å². The highest BCUT2D eigenvalue weighted by Gasteiger charge is 2.24. The van der Waals surface area contributed by atoms with Crippen molar-refractivity contribution in [1.29, 1.82) is 0 Å². The van der Waals surface area contributed by atoms with Gasteiger partial charge in [0.05, 0.1) is 7.11 Å². The van der Waals surface area contributed by atoms with Gasteiger partial charge in [-0.05, 0) is 30.7 Å². The molecule has 24 heavy (non-hydrogen) atoms. The Morgan fingerprint density at radius 2 is 1.83 bits per heavy atom. The summed E-state index contributed by atoms with van der Waals surface area (Å²) < 4.78 is 10.4. The van der Waals surface area contributed by atoms with E-state index in [1.165, 1.54) is 0 Å². The number of carbonyl (C=O) groups excluding carboxylic acids is 2. The first kappa shape index (κ1) is 17.8. The average Bonchev–Trinajstić information content (AvgIpc) is 2.60. The molecule has 128 valence electrons. The molecule has 0 N–H and O–H groups in total. The van der Waals surface area contributed by atoms with Crippen molar-refractivity contribution in [2.24, 2.45) is 0 Å². The first-order chi connectivity index (χ1) is 11.5. The summed E-state index contributed by atoms with van der Waals surface area (Å²) in [6.45, 7) is 6.37. The molecular formula is C19H23NO4. The lowest BCUT2D eigenvalue weighted by Gasteiger charge is -2.31. The lowest BCUT2D eigenvalue weighted by molar-refractivity contribution is -0.147. The van der Waals surface area contributed by atoms with Crippen LogP contribution in [-0.2, 0) is 14.3 Å². The van der Waals surface area contributed by atoms with Crippen LogP contribution in [0.5, 0.6) is 5.75 Å². The fourth-order valence-corrected chi connectivity index (χ4v) is 2.43. The first-order valence-electron chi connectivity index (χ1n) is 7.97. The number of piperidine rings is 1. The van der Waals surface area contributed by atoms with Crippen LogP contribution in [0.4, 0.5) is 0 Å². The summed E-state index contributed by atoms with van der Waals surface area (Å²) in [4.78, 5) is 25.5. The summed E-state index contributed by atoms with van der Waals surface area (Å²) in [6.07, 6.45) is 4.53. The SMILES string of the molecule is C=C(C)C(=O)OC1CCN(C(=O)C=Cc2ccc(OC)cc2)CC1. The van der Waals surface area contributed by atoms with Crippen molar-refractivity contribution in [2.75, 3.05) is 20.2 Å². The van der Waals surface area contributed by atoms with Gasteiger partial charge in [-0.1, -0.05) is 18.7 Å². The standard InChI is InChI=1S/C19H23NO4/c1-14(2)19(22)24-17-10-12-20(13-11-17)18(21)9-6-15-4-7-16(23-3)8-5-15/h4-9,17H,1,10-13H2,2-3H3. The Balaban J connectivity index is 1.82. The van der Waals surface area contributed by atoms with Crippen LogP contribution in [0, 0.1) is 0 Å². The molecule has 0 atom stereocenters. The fourth-order valence-electron chi connectivity index (χ4n) is 2.43. The van der Waals surface area contributed by atoms with Gasteiger partial charge >= 0.3 is 5.97 Å². The summed E-state index contributed by atoms with van der Waals surface area (Å²) >= 11 is 0. The van der Waals surface area contributed by atoms with Gasteiger partial charge in [-0.15, -0.1) is 0 Å². The van der Waals surface area contributed by atoms with Crippen molar-refractivity contribution >= 4 is 18.0 Å². The topological polar surface area (TPSA) is 55.8 Å². The second-order valence-corrected chi connectivity index (χ2v) is 5.82. The van der Waals surface area contributed by atoms with Gasteiger partial charge in [0.2, 0.25) is 5.91 Å². The molecular weight excluding hydrogens is 306 g/mol. The number of nitrogens with zero attached hydrogens (tertiary/aromatic N) is 1. The normalized spacial score (nSPS) is 15.3. The van der Waals surface area contributed by atoms with Crippen LogP contribution in [0.3, 0.4) is 0 Å². The number of benzene rings is 1. The third-order valence-electron chi connectivity index (χ3n) is 3.91. The van der Waals surface area contributed by atoms with Crippen LogP contribution in [-0.4, -0.2) is 43.1 Å². The molecule has 1 heterocycles. The van der Waals surface area contributed by atoms with Crippen molar-refractivity contribution in [1.82, 2.24) is 4.90 Å². The molecule has 1 fully saturated rings. The van der Waals surface area contributed by atoms with Crippen molar-refractivity contribution in [3.63, 3.8) is 0 Å². The summed E-state index contributed by atoms with van der Waals surface area (Å²) in [5.74, 6) is 0.388. The maximum Gasteiger partial charge on any atom is 0.333 e. The van der Waals surface area contributed by atoms with Gasteiger partial charge in [0.1, 0.15) is 11.9 Å². The Bertz CT molecular complexity index is 625. The molecule has 1 amide bonds. The summed E-state index contributed by atoms with van der Waals surface area (Å²) in [5, 5.41) is 0. The van der Waals surface area contributed by atoms with E-state index >= 15 is 0 Å². The molecule has 1 aliphatic rings. The molecule has 0 aromatic heterocycles. The van der Waals surface area contributed by atoms with E-state index < -0.39 is 0 Å². The van der Waals surface area contributed by atoms with Crippen molar-refractivity contribution in [2.45, 2.75) is 25.9 Å². The van der Waals surface area contributed by atoms with Gasteiger partial charge in [0.25, 0.3) is 0 Å². The second-order valence-electron chi connectivity index (χ2n) is 5.82. The number of hydrogen-bond donors (Lipinski definition) is 0. The predicted molar refractivity (Wildman–Crippen MR) is 92.5 cm³/mol. The minimum Gasteiger partial charge on any atom is -0.497 e. The van der Waals surface area contributed by atoms with Crippen LogP contribution in [0.1, 0.15) is 25.3 Å². The van der Waals surface area contributed by atoms with Crippen LogP contribution in [0.25, 0.3) is 6.08 Å². The predicted octanol–water partition coefficient (Wildman–Crippen LogP) is 2.82. The Hall–Kier alpha value is -2.56. The highest BCUT2D eigenvalue weighted by molar-refractivity contribution is 5.92. The molecule has 0 bridgehead atoms. The lowest BCUT2D eigenvalue weighted by atomic mass is 10.1. The maximum atomic E-state index is 12.2. The van der Waals surface area contributed by atoms with Gasteiger partial charge in [0, 0.05) is 37.6 Å². The number of esters is 1. The Morgan fingerprint density at radius 3 is 2.38 bits per heavy atom. The Morgan fingerprint density at radius 1 is 1.21 bits per heavy atom. The molecule has 0 saturated carbocycles. The molecule has 1 saturated heterocycles. The molecule has 0 unspecified atom stereocenters. The minimum atomic E-state index is -0.362. The van der Waals surface area contributed by atoms with E-state index in [1.807, 2.05) is 24.3 Å². The van der Waals surface area contributed by atoms with Crippen molar-refractivity contribution < 1.29 is 19.1 Å². The van der Waals surface area contributed by atoms with E-state index in [0.717, 1.165) is 11.3 Å². The molecule has 5 heteroatoms. The van der Waals surface area contributed by atoms with Crippen molar-refractivity contribution in [3.8, 4) is 5.75 Å². The number of rotatable bonds is 5. The quantitative estimate of drug-likeness (QED) is 0.616. The monoisotopic (exact) mass is 329 g/mol. The van der Waals surface area contributed by atoms with E-state index in [4.69, 9.17) is 9.47 Å². The smallest absolute Gasteiger partial charge is 0.333 e. The van der Waals surface area contributed by atoms with Gasteiger partial charge in [0.15, 0.2) is 0 Å². The van der Waals surface area contributed by atoms with Gasteiger partial charge in [-0.3, -0.25) is 4.79 Å². The van der Waals surface area contributed by atoms with E-state index in [1.54, 1.807) is 31.1 Å². The fraction of sp³-hybridized carbons (Fsp3) is 0.368. The third-order valence-corrected chi connectivity index (χ3v) is 3.91. The second kappa shape index (κ2) is 8.34. The molecule has 0 radical (unpaired) electrons. The zero-order chi connectivity index (χ0) is 17.5. The van der Waals surface area contributed by atoms with Crippen LogP contribution in [0.15, 0.2) is 42.5 Å². The minimum absolute atomic E-state index is 0.0319. The summed E-state index contributed by atoms with van der Waals surface area (Å²) in [6, 6.07) is 7.50. The van der Waals surface area contributed by atoms with Gasteiger partial charge in [-0.25, -0.2) is 4.79 Å². The zero-order valence-electron chi connectivity index (χ0n) is 14.2. The largest absolute Gasteiger partial charge is 0.497 e. The number of amides is 1. The van der Waals surface area contributed by atoms with Crippen LogP contribution >= 0.6 is 0 Å². The molecule has 1 aromatic carbocycles. The zero-order valence-corrected chi connectivity index (χ0v) is 14.2. The van der Waals surface area contributed by atoms with Gasteiger partial charge < -0.3 is 14.4 Å². The summed E-state index contributed by atoms with van der Waals surface area (Å²) in [7, 11) is 1.62. The molecule has 1 aliphatic heterocycles. The third kappa shape index (κ3) is 4.98. The molecule has 0 spiro atoms. The number of methoxy groups -OCH3 is 1. The van der Waals surface area contributed by atoms with E-state index in [-0.39, 0.29) is 18.0 Å². The Labute approximate surface area is 142 Å². The maximum absolute atomic E-state index is 12.2. The molecule has 0 aliphatic carbocycles. The summed E-state index contributed by atoms with van der Waals surface area (Å²) in [5.41, 5.74) is 1.34. The molecule has 1 aromatic rings. The lowest BCUT2D eigenvalue weighted by Crippen LogP contribution is -2.40. The first-order valence-corrected chi connectivity index (χ1v) is 7.97. The molecule has 5 nitrogen and oxygen atoms in total. The molecule has 2 rings (SSSR count). The highest BCUT2D eigenvalue weighted by atomic mass is 16.5. The highest BCUT2D eigenvalue weighted by Crippen LogP contribution is 2.16. The van der Waals surface area contributed by atoms with Crippen LogP contribution < -0.4 is 4.74 Å². The number of ether oxygens (including phenoxy) is 2. The number of carbonyl (C=O) groups is 2. The van der Waals surface area contributed by atoms with Crippen molar-refractivity contribution in [3.05, 3.63) is 48.1 Å². The van der Waals surface area contributed by atoms with E-state index in [2.05, 4.69) is 6.58 Å².